The van der Waals surface area contributed by atoms with Crippen LogP contribution in [0.2, 0.25) is 0 Å². The molecule has 0 amide bonds. The third-order valence-electron chi connectivity index (χ3n) is 3.53. The maximum Gasteiger partial charge on any atom is 0.240 e. The van der Waals surface area contributed by atoms with E-state index in [0.717, 1.165) is 18.1 Å². The highest BCUT2D eigenvalue weighted by Crippen LogP contribution is 2.41. The molecule has 2 atom stereocenters. The number of nitrogens with one attached hydrogen (secondary N) is 1. The first-order valence-electron chi connectivity index (χ1n) is 6.50. The Morgan fingerprint density at radius 2 is 1.86 bits per heavy atom. The second-order valence-corrected chi connectivity index (χ2v) is 7.62. The summed E-state index contributed by atoms with van der Waals surface area (Å²) in [6, 6.07) is 13.4. The molecule has 0 heterocycles. The van der Waals surface area contributed by atoms with Crippen LogP contribution in [0.3, 0.4) is 0 Å². The van der Waals surface area contributed by atoms with Gasteiger partial charge in [-0.2, -0.15) is 0 Å². The van der Waals surface area contributed by atoms with Crippen molar-refractivity contribution in [2.75, 3.05) is 0 Å². The predicted octanol–water partition coefficient (Wildman–Crippen LogP) is 3.42. The van der Waals surface area contributed by atoms with Gasteiger partial charge in [0.1, 0.15) is 5.82 Å². The van der Waals surface area contributed by atoms with Crippen LogP contribution in [0.1, 0.15) is 17.9 Å². The van der Waals surface area contributed by atoms with Gasteiger partial charge in [-0.15, -0.1) is 0 Å². The number of rotatable bonds is 4. The molecular weight excluding hydrogens is 357 g/mol. The molecule has 1 aliphatic carbocycles. The summed E-state index contributed by atoms with van der Waals surface area (Å²) < 4.78 is 40.8. The van der Waals surface area contributed by atoms with E-state index in [1.807, 2.05) is 30.3 Å². The molecule has 3 rings (SSSR count). The van der Waals surface area contributed by atoms with Crippen LogP contribution in [0.25, 0.3) is 0 Å². The molecular formula is C15H13BrFNO2S. The first-order valence-corrected chi connectivity index (χ1v) is 8.77. The van der Waals surface area contributed by atoms with Gasteiger partial charge in [0, 0.05) is 12.0 Å². The molecule has 6 heteroatoms. The van der Waals surface area contributed by atoms with Gasteiger partial charge in [-0.3, -0.25) is 0 Å². The molecule has 0 aromatic heterocycles. The Kier molecular flexibility index (Phi) is 3.86. The fourth-order valence-corrected chi connectivity index (χ4v) is 3.85. The quantitative estimate of drug-likeness (QED) is 0.897. The minimum absolute atomic E-state index is 0.0538. The average Bonchev–Trinajstić information content (AvgIpc) is 3.21. The van der Waals surface area contributed by atoms with Gasteiger partial charge in [0.25, 0.3) is 0 Å². The molecule has 2 aromatic rings. The van der Waals surface area contributed by atoms with E-state index in [4.69, 9.17) is 0 Å². The van der Waals surface area contributed by atoms with Crippen molar-refractivity contribution in [1.29, 1.82) is 0 Å². The lowest BCUT2D eigenvalue weighted by molar-refractivity contribution is 0.575. The minimum atomic E-state index is -3.69. The molecule has 110 valence electrons. The molecule has 0 saturated heterocycles. The fraction of sp³-hybridized carbons (Fsp3) is 0.200. The van der Waals surface area contributed by atoms with Gasteiger partial charge in [0.05, 0.1) is 9.37 Å². The van der Waals surface area contributed by atoms with Crippen LogP contribution in [0.15, 0.2) is 57.9 Å². The Bertz CT molecular complexity index is 764. The van der Waals surface area contributed by atoms with Crippen molar-refractivity contribution in [1.82, 2.24) is 4.72 Å². The maximum atomic E-state index is 13.5. The summed E-state index contributed by atoms with van der Waals surface area (Å²) in [6.45, 7) is 0. The summed E-state index contributed by atoms with van der Waals surface area (Å²) in [7, 11) is -3.69. The van der Waals surface area contributed by atoms with Crippen molar-refractivity contribution >= 4 is 26.0 Å². The van der Waals surface area contributed by atoms with Gasteiger partial charge in [-0.25, -0.2) is 17.5 Å². The first-order chi connectivity index (χ1) is 9.97. The molecule has 0 aliphatic heterocycles. The highest BCUT2D eigenvalue weighted by Gasteiger charge is 2.41. The maximum absolute atomic E-state index is 13.5. The lowest BCUT2D eigenvalue weighted by atomic mass is 10.1. The Balaban J connectivity index is 1.75. The average molecular weight is 370 g/mol. The SMILES string of the molecule is O=S(=O)(NC1CC1c1ccccc1)c1ccc(Br)c(F)c1. The van der Waals surface area contributed by atoms with E-state index in [9.17, 15) is 12.8 Å². The van der Waals surface area contributed by atoms with Gasteiger partial charge in [-0.05, 0) is 46.1 Å². The van der Waals surface area contributed by atoms with E-state index in [1.54, 1.807) is 0 Å². The van der Waals surface area contributed by atoms with Crippen molar-refractivity contribution < 1.29 is 12.8 Å². The smallest absolute Gasteiger partial charge is 0.207 e. The number of hydrogen-bond donors (Lipinski definition) is 1. The number of sulfonamides is 1. The Hall–Kier alpha value is -1.24. The van der Waals surface area contributed by atoms with Crippen LogP contribution in [0, 0.1) is 5.82 Å². The first kappa shape index (κ1) is 14.7. The predicted molar refractivity (Wildman–Crippen MR) is 82.0 cm³/mol. The van der Waals surface area contributed by atoms with Crippen LogP contribution in [0.4, 0.5) is 4.39 Å². The van der Waals surface area contributed by atoms with Gasteiger partial charge in [-0.1, -0.05) is 30.3 Å². The molecule has 0 bridgehead atoms. The van der Waals surface area contributed by atoms with E-state index in [0.29, 0.717) is 0 Å². The topological polar surface area (TPSA) is 46.2 Å². The van der Waals surface area contributed by atoms with Gasteiger partial charge < -0.3 is 0 Å². The lowest BCUT2D eigenvalue weighted by Gasteiger charge is -2.07. The zero-order valence-corrected chi connectivity index (χ0v) is 13.4. The lowest BCUT2D eigenvalue weighted by Crippen LogP contribution is -2.27. The molecule has 1 aliphatic rings. The van der Waals surface area contributed by atoms with E-state index < -0.39 is 15.8 Å². The Labute approximate surface area is 131 Å². The van der Waals surface area contributed by atoms with E-state index in [-0.39, 0.29) is 21.3 Å². The summed E-state index contributed by atoms with van der Waals surface area (Å²) in [4.78, 5) is -0.0538. The van der Waals surface area contributed by atoms with Crippen molar-refractivity contribution in [3.63, 3.8) is 0 Å². The van der Waals surface area contributed by atoms with Crippen LogP contribution < -0.4 is 4.72 Å². The number of halogens is 2. The second-order valence-electron chi connectivity index (χ2n) is 5.06. The molecule has 1 N–H and O–H groups in total. The molecule has 21 heavy (non-hydrogen) atoms. The van der Waals surface area contributed by atoms with Gasteiger partial charge in [0.15, 0.2) is 0 Å². The fourth-order valence-electron chi connectivity index (χ4n) is 2.31. The molecule has 0 spiro atoms. The molecule has 3 nitrogen and oxygen atoms in total. The summed E-state index contributed by atoms with van der Waals surface area (Å²) in [5, 5.41) is 0. The highest BCUT2D eigenvalue weighted by atomic mass is 79.9. The zero-order valence-electron chi connectivity index (χ0n) is 11.0. The summed E-state index contributed by atoms with van der Waals surface area (Å²) in [5.74, 6) is -0.394. The Morgan fingerprint density at radius 3 is 2.52 bits per heavy atom. The van der Waals surface area contributed by atoms with Crippen LogP contribution in [-0.4, -0.2) is 14.5 Å². The molecule has 0 radical (unpaired) electrons. The molecule has 2 unspecified atom stereocenters. The third-order valence-corrected chi connectivity index (χ3v) is 5.66. The monoisotopic (exact) mass is 369 g/mol. The standard InChI is InChI=1S/C15H13BrFNO2S/c16-13-7-6-11(8-14(13)17)21(19,20)18-15-9-12(15)10-4-2-1-3-5-10/h1-8,12,15,18H,9H2. The van der Waals surface area contributed by atoms with Crippen molar-refractivity contribution in [3.05, 3.63) is 64.4 Å². The number of benzene rings is 2. The van der Waals surface area contributed by atoms with E-state index in [2.05, 4.69) is 20.7 Å². The van der Waals surface area contributed by atoms with Gasteiger partial charge in [0.2, 0.25) is 10.0 Å². The largest absolute Gasteiger partial charge is 0.240 e. The Morgan fingerprint density at radius 1 is 1.14 bits per heavy atom. The van der Waals surface area contributed by atoms with Crippen LogP contribution in [-0.2, 0) is 10.0 Å². The van der Waals surface area contributed by atoms with Crippen LogP contribution >= 0.6 is 15.9 Å². The number of hydrogen-bond acceptors (Lipinski definition) is 2. The summed E-state index contributed by atoms with van der Waals surface area (Å²) >= 11 is 3.01. The summed E-state index contributed by atoms with van der Waals surface area (Å²) in [6.07, 6.45) is 0.766. The van der Waals surface area contributed by atoms with Crippen molar-refractivity contribution in [2.45, 2.75) is 23.3 Å². The van der Waals surface area contributed by atoms with Crippen molar-refractivity contribution in [2.24, 2.45) is 0 Å². The zero-order chi connectivity index (χ0) is 15.0. The van der Waals surface area contributed by atoms with Crippen LogP contribution in [0.5, 0.6) is 0 Å². The second kappa shape index (κ2) is 5.51. The van der Waals surface area contributed by atoms with Crippen molar-refractivity contribution in [3.8, 4) is 0 Å². The normalized spacial score (nSPS) is 21.2. The molecule has 1 saturated carbocycles. The minimum Gasteiger partial charge on any atom is -0.207 e. The van der Waals surface area contributed by atoms with E-state index >= 15 is 0 Å². The molecule has 2 aromatic carbocycles. The van der Waals surface area contributed by atoms with Gasteiger partial charge >= 0.3 is 0 Å². The summed E-state index contributed by atoms with van der Waals surface area (Å²) in [5.41, 5.74) is 1.12. The van der Waals surface area contributed by atoms with E-state index in [1.165, 1.54) is 12.1 Å². The third kappa shape index (κ3) is 3.17. The highest BCUT2D eigenvalue weighted by molar-refractivity contribution is 9.10. The molecule has 1 fully saturated rings.